The van der Waals surface area contributed by atoms with E-state index in [-0.39, 0.29) is 0 Å². The zero-order valence-corrected chi connectivity index (χ0v) is 10.2. The highest BCUT2D eigenvalue weighted by molar-refractivity contribution is 6.32. The van der Waals surface area contributed by atoms with Crippen molar-refractivity contribution in [2.75, 3.05) is 6.54 Å². The third-order valence-corrected chi connectivity index (χ3v) is 3.36. The van der Waals surface area contributed by atoms with Crippen molar-refractivity contribution in [3.63, 3.8) is 0 Å². The first-order chi connectivity index (χ1) is 7.86. The van der Waals surface area contributed by atoms with Crippen molar-refractivity contribution in [2.45, 2.75) is 31.7 Å². The molecule has 1 nitrogen and oxygen atoms in total. The summed E-state index contributed by atoms with van der Waals surface area (Å²) in [4.78, 5) is 0. The molecule has 1 saturated heterocycles. The molecule has 1 atom stereocenters. The van der Waals surface area contributed by atoms with Gasteiger partial charge in [-0.05, 0) is 31.0 Å². The van der Waals surface area contributed by atoms with E-state index >= 15 is 0 Å². The third-order valence-electron chi connectivity index (χ3n) is 3.01. The molecule has 0 bridgehead atoms. The minimum Gasteiger partial charge on any atom is -0.311 e. The summed E-state index contributed by atoms with van der Waals surface area (Å²) in [5.41, 5.74) is 1.11. The number of rotatable bonds is 2. The SMILES string of the molecule is Clc1ccccc1/C=C/C1CCCCCN1. The standard InChI is InChI=1S/C14H18ClN/c15-14-8-4-3-6-12(14)9-10-13-7-2-1-5-11-16-13/h3-4,6,8-10,13,16H,1-2,5,7,11H2/b10-9+. The van der Waals surface area contributed by atoms with E-state index in [1.54, 1.807) is 0 Å². The van der Waals surface area contributed by atoms with Crippen LogP contribution < -0.4 is 5.32 Å². The second-order valence-corrected chi connectivity index (χ2v) is 4.70. The lowest BCUT2D eigenvalue weighted by Crippen LogP contribution is -2.25. The first-order valence-electron chi connectivity index (χ1n) is 6.02. The monoisotopic (exact) mass is 235 g/mol. The van der Waals surface area contributed by atoms with Gasteiger partial charge in [-0.25, -0.2) is 0 Å². The Morgan fingerprint density at radius 2 is 2.06 bits per heavy atom. The van der Waals surface area contributed by atoms with Gasteiger partial charge in [0.25, 0.3) is 0 Å². The summed E-state index contributed by atoms with van der Waals surface area (Å²) in [5.74, 6) is 0. The molecule has 0 radical (unpaired) electrons. The van der Waals surface area contributed by atoms with Gasteiger partial charge in [0.15, 0.2) is 0 Å². The Balaban J connectivity index is 2.00. The topological polar surface area (TPSA) is 12.0 Å². The smallest absolute Gasteiger partial charge is 0.0478 e. The largest absolute Gasteiger partial charge is 0.311 e. The Kier molecular flexibility index (Phi) is 4.44. The Hall–Kier alpha value is -0.790. The molecule has 0 aliphatic carbocycles. The van der Waals surface area contributed by atoms with Crippen molar-refractivity contribution >= 4 is 17.7 Å². The Labute approximate surface area is 103 Å². The summed E-state index contributed by atoms with van der Waals surface area (Å²) >= 11 is 6.10. The normalized spacial score (nSPS) is 22.2. The molecule has 1 N–H and O–H groups in total. The van der Waals surface area contributed by atoms with Gasteiger partial charge in [0.05, 0.1) is 0 Å². The first kappa shape index (κ1) is 11.7. The molecule has 1 unspecified atom stereocenters. The minimum absolute atomic E-state index is 0.513. The fraction of sp³-hybridized carbons (Fsp3) is 0.429. The van der Waals surface area contributed by atoms with Crippen molar-refractivity contribution < 1.29 is 0 Å². The summed E-state index contributed by atoms with van der Waals surface area (Å²) in [6.07, 6.45) is 9.59. The summed E-state index contributed by atoms with van der Waals surface area (Å²) < 4.78 is 0. The lowest BCUT2D eigenvalue weighted by atomic mass is 10.1. The Bertz CT molecular complexity index is 352. The van der Waals surface area contributed by atoms with Gasteiger partial charge in [-0.1, -0.05) is 54.8 Å². The molecule has 86 valence electrons. The van der Waals surface area contributed by atoms with Gasteiger partial charge in [-0.2, -0.15) is 0 Å². The lowest BCUT2D eigenvalue weighted by Gasteiger charge is -2.10. The second kappa shape index (κ2) is 6.07. The molecule has 0 aromatic heterocycles. The lowest BCUT2D eigenvalue weighted by molar-refractivity contribution is 0.599. The van der Waals surface area contributed by atoms with Crippen molar-refractivity contribution in [1.29, 1.82) is 0 Å². The third kappa shape index (κ3) is 3.36. The van der Waals surface area contributed by atoms with Crippen LogP contribution in [0.1, 0.15) is 31.2 Å². The zero-order valence-electron chi connectivity index (χ0n) is 9.45. The van der Waals surface area contributed by atoms with Crippen LogP contribution in [0.25, 0.3) is 6.08 Å². The van der Waals surface area contributed by atoms with Crippen LogP contribution in [0.15, 0.2) is 30.3 Å². The maximum atomic E-state index is 6.10. The molecule has 1 heterocycles. The van der Waals surface area contributed by atoms with Crippen molar-refractivity contribution in [1.82, 2.24) is 5.32 Å². The number of nitrogens with one attached hydrogen (secondary N) is 1. The van der Waals surface area contributed by atoms with Crippen LogP contribution in [-0.4, -0.2) is 12.6 Å². The average molecular weight is 236 g/mol. The molecule has 0 saturated carbocycles. The van der Waals surface area contributed by atoms with Crippen LogP contribution in [0.2, 0.25) is 5.02 Å². The molecule has 0 spiro atoms. The van der Waals surface area contributed by atoms with Crippen LogP contribution in [0.3, 0.4) is 0 Å². The summed E-state index contributed by atoms with van der Waals surface area (Å²) in [5, 5.41) is 4.37. The van der Waals surface area contributed by atoms with E-state index in [4.69, 9.17) is 11.6 Å². The number of halogens is 1. The predicted octanol–water partition coefficient (Wildman–Crippen LogP) is 3.89. The fourth-order valence-electron chi connectivity index (χ4n) is 2.05. The van der Waals surface area contributed by atoms with Gasteiger partial charge in [0.1, 0.15) is 0 Å². The molecule has 1 aromatic carbocycles. The van der Waals surface area contributed by atoms with Crippen molar-refractivity contribution in [3.05, 3.63) is 40.9 Å². The van der Waals surface area contributed by atoms with E-state index in [2.05, 4.69) is 23.5 Å². The Morgan fingerprint density at radius 3 is 2.94 bits per heavy atom. The summed E-state index contributed by atoms with van der Waals surface area (Å²) in [6.45, 7) is 1.14. The van der Waals surface area contributed by atoms with Gasteiger partial charge in [0, 0.05) is 11.1 Å². The number of hydrogen-bond acceptors (Lipinski definition) is 1. The van der Waals surface area contributed by atoms with Crippen LogP contribution in [0, 0.1) is 0 Å². The van der Waals surface area contributed by atoms with E-state index < -0.39 is 0 Å². The maximum absolute atomic E-state index is 6.10. The fourth-order valence-corrected chi connectivity index (χ4v) is 2.25. The predicted molar refractivity (Wildman–Crippen MR) is 70.7 cm³/mol. The van der Waals surface area contributed by atoms with Gasteiger partial charge < -0.3 is 5.32 Å². The second-order valence-electron chi connectivity index (χ2n) is 4.29. The van der Waals surface area contributed by atoms with E-state index in [0.717, 1.165) is 17.1 Å². The summed E-state index contributed by atoms with van der Waals surface area (Å²) in [7, 11) is 0. The molecule has 1 aliphatic rings. The van der Waals surface area contributed by atoms with Crippen LogP contribution in [0.5, 0.6) is 0 Å². The van der Waals surface area contributed by atoms with Crippen LogP contribution in [0.4, 0.5) is 0 Å². The molecule has 2 rings (SSSR count). The highest BCUT2D eigenvalue weighted by Crippen LogP contribution is 2.17. The van der Waals surface area contributed by atoms with Gasteiger partial charge in [0.2, 0.25) is 0 Å². The maximum Gasteiger partial charge on any atom is 0.0478 e. The van der Waals surface area contributed by atoms with Crippen LogP contribution >= 0.6 is 11.6 Å². The molecular weight excluding hydrogens is 218 g/mol. The van der Waals surface area contributed by atoms with Gasteiger partial charge in [-0.15, -0.1) is 0 Å². The van der Waals surface area contributed by atoms with E-state index in [0.29, 0.717) is 6.04 Å². The van der Waals surface area contributed by atoms with E-state index in [1.165, 1.54) is 25.7 Å². The highest BCUT2D eigenvalue weighted by atomic mass is 35.5. The number of hydrogen-bond donors (Lipinski definition) is 1. The molecule has 0 amide bonds. The quantitative estimate of drug-likeness (QED) is 0.820. The first-order valence-corrected chi connectivity index (χ1v) is 6.40. The highest BCUT2D eigenvalue weighted by Gasteiger charge is 2.07. The molecular formula is C14H18ClN. The molecule has 16 heavy (non-hydrogen) atoms. The van der Waals surface area contributed by atoms with E-state index in [1.807, 2.05) is 18.2 Å². The minimum atomic E-state index is 0.513. The number of benzene rings is 1. The van der Waals surface area contributed by atoms with Gasteiger partial charge in [-0.3, -0.25) is 0 Å². The van der Waals surface area contributed by atoms with E-state index in [9.17, 15) is 0 Å². The summed E-state index contributed by atoms with van der Waals surface area (Å²) in [6, 6.07) is 8.48. The molecule has 1 aromatic rings. The molecule has 1 fully saturated rings. The van der Waals surface area contributed by atoms with Crippen molar-refractivity contribution in [3.8, 4) is 0 Å². The average Bonchev–Trinajstić information content (AvgIpc) is 2.56. The van der Waals surface area contributed by atoms with Crippen LogP contribution in [-0.2, 0) is 0 Å². The Morgan fingerprint density at radius 1 is 1.19 bits per heavy atom. The van der Waals surface area contributed by atoms with Gasteiger partial charge >= 0.3 is 0 Å². The zero-order chi connectivity index (χ0) is 11.2. The molecule has 1 aliphatic heterocycles. The van der Waals surface area contributed by atoms with Crippen molar-refractivity contribution in [2.24, 2.45) is 0 Å². The molecule has 2 heteroatoms.